The summed E-state index contributed by atoms with van der Waals surface area (Å²) in [6.45, 7) is 0.0889. The smallest absolute Gasteiger partial charge is 0.371 e. The van der Waals surface area contributed by atoms with Gasteiger partial charge in [-0.15, -0.1) is 0 Å². The SMILES string of the molecule is O=C(O)c1ccc(CNC(=O)c2cc(C3CC3)no2)o1. The monoisotopic (exact) mass is 276 g/mol. The van der Waals surface area contributed by atoms with E-state index in [-0.39, 0.29) is 18.1 Å². The number of carboxylic acid groups (broad SMARTS) is 1. The van der Waals surface area contributed by atoms with Gasteiger partial charge in [0, 0.05) is 12.0 Å². The second kappa shape index (κ2) is 4.84. The van der Waals surface area contributed by atoms with E-state index < -0.39 is 11.9 Å². The summed E-state index contributed by atoms with van der Waals surface area (Å²) in [4.78, 5) is 22.5. The van der Waals surface area contributed by atoms with Crippen LogP contribution < -0.4 is 5.32 Å². The van der Waals surface area contributed by atoms with Gasteiger partial charge in [-0.2, -0.15) is 0 Å². The Labute approximate surface area is 113 Å². The normalized spacial score (nSPS) is 14.2. The summed E-state index contributed by atoms with van der Waals surface area (Å²) in [6, 6.07) is 4.47. The zero-order chi connectivity index (χ0) is 14.1. The number of carboxylic acids is 1. The highest BCUT2D eigenvalue weighted by atomic mass is 16.5. The van der Waals surface area contributed by atoms with Gasteiger partial charge < -0.3 is 19.4 Å². The molecule has 0 unspecified atom stereocenters. The molecule has 3 rings (SSSR count). The van der Waals surface area contributed by atoms with Gasteiger partial charge in [-0.25, -0.2) is 4.79 Å². The van der Waals surface area contributed by atoms with Gasteiger partial charge in [0.2, 0.25) is 11.5 Å². The van der Waals surface area contributed by atoms with Crippen molar-refractivity contribution >= 4 is 11.9 Å². The van der Waals surface area contributed by atoms with E-state index in [1.807, 2.05) is 0 Å². The van der Waals surface area contributed by atoms with E-state index in [0.29, 0.717) is 11.7 Å². The number of hydrogen-bond donors (Lipinski definition) is 2. The van der Waals surface area contributed by atoms with Crippen LogP contribution in [0.4, 0.5) is 0 Å². The molecule has 1 saturated carbocycles. The fourth-order valence-electron chi connectivity index (χ4n) is 1.81. The quantitative estimate of drug-likeness (QED) is 0.862. The molecule has 104 valence electrons. The van der Waals surface area contributed by atoms with Crippen molar-refractivity contribution in [1.82, 2.24) is 10.5 Å². The van der Waals surface area contributed by atoms with Gasteiger partial charge in [0.15, 0.2) is 0 Å². The summed E-state index contributed by atoms with van der Waals surface area (Å²) in [5.41, 5.74) is 0.807. The van der Waals surface area contributed by atoms with Gasteiger partial charge in [-0.05, 0) is 25.0 Å². The highest BCUT2D eigenvalue weighted by Gasteiger charge is 2.28. The Kier molecular flexibility index (Phi) is 3.02. The lowest BCUT2D eigenvalue weighted by molar-refractivity contribution is 0.0660. The van der Waals surface area contributed by atoms with E-state index in [4.69, 9.17) is 14.0 Å². The Bertz CT molecular complexity index is 653. The van der Waals surface area contributed by atoms with Crippen LogP contribution in [0, 0.1) is 0 Å². The molecular formula is C13H12N2O5. The van der Waals surface area contributed by atoms with Crippen LogP contribution in [0.15, 0.2) is 27.1 Å². The van der Waals surface area contributed by atoms with E-state index in [1.165, 1.54) is 12.1 Å². The first-order chi connectivity index (χ1) is 9.63. The maximum absolute atomic E-state index is 11.8. The molecule has 2 aromatic rings. The molecule has 2 aromatic heterocycles. The van der Waals surface area contributed by atoms with E-state index in [9.17, 15) is 9.59 Å². The second-order valence-corrected chi connectivity index (χ2v) is 4.64. The summed E-state index contributed by atoms with van der Waals surface area (Å²) < 4.78 is 10.00. The number of amides is 1. The van der Waals surface area contributed by atoms with E-state index in [0.717, 1.165) is 18.5 Å². The van der Waals surface area contributed by atoms with Crippen molar-refractivity contribution in [3.63, 3.8) is 0 Å². The number of rotatable bonds is 5. The number of carbonyl (C=O) groups excluding carboxylic acids is 1. The number of nitrogens with zero attached hydrogens (tertiary/aromatic N) is 1. The van der Waals surface area contributed by atoms with E-state index in [2.05, 4.69) is 10.5 Å². The molecule has 0 atom stereocenters. The van der Waals surface area contributed by atoms with Gasteiger partial charge >= 0.3 is 5.97 Å². The Morgan fingerprint density at radius 1 is 1.35 bits per heavy atom. The molecule has 2 heterocycles. The highest BCUT2D eigenvalue weighted by Crippen LogP contribution is 2.39. The fraction of sp³-hybridized carbons (Fsp3) is 0.308. The summed E-state index contributed by atoms with van der Waals surface area (Å²) in [7, 11) is 0. The summed E-state index contributed by atoms with van der Waals surface area (Å²) in [6.07, 6.45) is 2.16. The van der Waals surface area contributed by atoms with Crippen LogP contribution in [0.25, 0.3) is 0 Å². The van der Waals surface area contributed by atoms with Crippen LogP contribution in [-0.2, 0) is 6.54 Å². The molecule has 0 saturated heterocycles. The summed E-state index contributed by atoms with van der Waals surface area (Å²) >= 11 is 0. The molecule has 0 spiro atoms. The molecule has 1 fully saturated rings. The first-order valence-corrected chi connectivity index (χ1v) is 6.20. The minimum absolute atomic E-state index is 0.0889. The van der Waals surface area contributed by atoms with E-state index in [1.54, 1.807) is 6.07 Å². The predicted octanol–water partition coefficient (Wildman–Crippen LogP) is 1.77. The maximum atomic E-state index is 11.8. The third-order valence-corrected chi connectivity index (χ3v) is 3.04. The van der Waals surface area contributed by atoms with E-state index >= 15 is 0 Å². The highest BCUT2D eigenvalue weighted by molar-refractivity contribution is 5.91. The lowest BCUT2D eigenvalue weighted by Gasteiger charge is -1.98. The molecule has 1 amide bonds. The number of nitrogens with one attached hydrogen (secondary N) is 1. The fourth-order valence-corrected chi connectivity index (χ4v) is 1.81. The van der Waals surface area contributed by atoms with Gasteiger partial charge in [0.1, 0.15) is 5.76 Å². The molecule has 0 aromatic carbocycles. The predicted molar refractivity (Wildman–Crippen MR) is 65.3 cm³/mol. The van der Waals surface area contributed by atoms with Crippen LogP contribution in [-0.4, -0.2) is 22.1 Å². The summed E-state index contributed by atoms with van der Waals surface area (Å²) in [5, 5.41) is 15.1. The Hall–Kier alpha value is -2.57. The standard InChI is InChI=1S/C13H12N2O5/c16-12(11-5-9(15-20-11)7-1-2-7)14-6-8-3-4-10(19-8)13(17)18/h3-5,7H,1-2,6H2,(H,14,16)(H,17,18). The molecule has 0 bridgehead atoms. The molecule has 7 heteroatoms. The Morgan fingerprint density at radius 2 is 2.15 bits per heavy atom. The third kappa shape index (κ3) is 2.56. The number of carbonyl (C=O) groups is 2. The molecule has 0 aliphatic heterocycles. The van der Waals surface area contributed by atoms with Crippen LogP contribution in [0.1, 0.15) is 51.3 Å². The van der Waals surface area contributed by atoms with Crippen molar-refractivity contribution in [2.24, 2.45) is 0 Å². The zero-order valence-electron chi connectivity index (χ0n) is 10.5. The molecular weight excluding hydrogens is 264 g/mol. The molecule has 2 N–H and O–H groups in total. The minimum atomic E-state index is -1.15. The van der Waals surface area contributed by atoms with Crippen LogP contribution in [0.2, 0.25) is 0 Å². The number of hydrogen-bond acceptors (Lipinski definition) is 5. The second-order valence-electron chi connectivity index (χ2n) is 4.64. The maximum Gasteiger partial charge on any atom is 0.371 e. The van der Waals surface area contributed by atoms with Crippen molar-refractivity contribution < 1.29 is 23.6 Å². The first-order valence-electron chi connectivity index (χ1n) is 6.20. The third-order valence-electron chi connectivity index (χ3n) is 3.04. The minimum Gasteiger partial charge on any atom is -0.475 e. The van der Waals surface area contributed by atoms with Crippen molar-refractivity contribution in [3.05, 3.63) is 41.2 Å². The molecule has 0 radical (unpaired) electrons. The Balaban J connectivity index is 1.58. The molecule has 1 aliphatic rings. The van der Waals surface area contributed by atoms with Crippen molar-refractivity contribution in [1.29, 1.82) is 0 Å². The van der Waals surface area contributed by atoms with Gasteiger partial charge in [0.05, 0.1) is 12.2 Å². The van der Waals surface area contributed by atoms with Gasteiger partial charge in [0.25, 0.3) is 5.91 Å². The molecule has 1 aliphatic carbocycles. The average molecular weight is 276 g/mol. The van der Waals surface area contributed by atoms with Crippen LogP contribution in [0.5, 0.6) is 0 Å². The van der Waals surface area contributed by atoms with Gasteiger partial charge in [-0.3, -0.25) is 4.79 Å². The van der Waals surface area contributed by atoms with Crippen molar-refractivity contribution in [2.45, 2.75) is 25.3 Å². The van der Waals surface area contributed by atoms with Crippen LogP contribution >= 0.6 is 0 Å². The Morgan fingerprint density at radius 3 is 2.80 bits per heavy atom. The number of aromatic carboxylic acids is 1. The summed E-state index contributed by atoms with van der Waals surface area (Å²) in [5.74, 6) is -0.785. The van der Waals surface area contributed by atoms with Crippen molar-refractivity contribution in [2.75, 3.05) is 0 Å². The molecule has 7 nitrogen and oxygen atoms in total. The van der Waals surface area contributed by atoms with Crippen LogP contribution in [0.3, 0.4) is 0 Å². The number of furan rings is 1. The lowest BCUT2D eigenvalue weighted by Crippen LogP contribution is -2.22. The molecule has 20 heavy (non-hydrogen) atoms. The largest absolute Gasteiger partial charge is 0.475 e. The van der Waals surface area contributed by atoms with Gasteiger partial charge in [-0.1, -0.05) is 5.16 Å². The first kappa shape index (κ1) is 12.5. The van der Waals surface area contributed by atoms with Crippen molar-refractivity contribution in [3.8, 4) is 0 Å². The zero-order valence-corrected chi connectivity index (χ0v) is 10.5. The lowest BCUT2D eigenvalue weighted by atomic mass is 10.2. The number of aromatic nitrogens is 1. The topological polar surface area (TPSA) is 106 Å². The average Bonchev–Trinajstić information content (AvgIpc) is 2.98.